The van der Waals surface area contributed by atoms with Crippen LogP contribution in [0.15, 0.2) is 30.5 Å². The maximum absolute atomic E-state index is 13.2. The lowest BCUT2D eigenvalue weighted by atomic mass is 10.1. The van der Waals surface area contributed by atoms with Gasteiger partial charge in [0.05, 0.1) is 23.3 Å². The van der Waals surface area contributed by atoms with Gasteiger partial charge in [-0.2, -0.15) is 5.10 Å². The summed E-state index contributed by atoms with van der Waals surface area (Å²) in [7, 11) is 0. The summed E-state index contributed by atoms with van der Waals surface area (Å²) in [5.74, 6) is 0.134. The van der Waals surface area contributed by atoms with Crippen LogP contribution in [0.4, 0.5) is 10.1 Å². The third kappa shape index (κ3) is 3.61. The Morgan fingerprint density at radius 1 is 1.08 bits per heavy atom. The van der Waals surface area contributed by atoms with Crippen LogP contribution in [0.5, 0.6) is 0 Å². The minimum Gasteiger partial charge on any atom is -0.367 e. The molecule has 0 saturated carbocycles. The summed E-state index contributed by atoms with van der Waals surface area (Å²) in [6, 6.07) is 6.52. The molecule has 5 heteroatoms. The summed E-state index contributed by atoms with van der Waals surface area (Å²) in [6.45, 7) is 12.0. The molecular formula is C19H27FN4. The van der Waals surface area contributed by atoms with Crippen LogP contribution in [0.25, 0.3) is 5.69 Å². The molecule has 1 aliphatic rings. The van der Waals surface area contributed by atoms with Gasteiger partial charge < -0.3 is 9.80 Å². The molecule has 0 N–H and O–H groups in total. The van der Waals surface area contributed by atoms with Crippen LogP contribution < -0.4 is 4.90 Å². The summed E-state index contributed by atoms with van der Waals surface area (Å²) < 4.78 is 15.1. The summed E-state index contributed by atoms with van der Waals surface area (Å²) in [4.78, 5) is 4.96. The number of halogens is 1. The van der Waals surface area contributed by atoms with E-state index in [9.17, 15) is 4.39 Å². The second-order valence-corrected chi connectivity index (χ2v) is 6.75. The van der Waals surface area contributed by atoms with Crippen molar-refractivity contribution in [1.29, 1.82) is 0 Å². The van der Waals surface area contributed by atoms with E-state index in [-0.39, 0.29) is 5.82 Å². The van der Waals surface area contributed by atoms with Gasteiger partial charge in [-0.15, -0.1) is 0 Å². The van der Waals surface area contributed by atoms with Crippen LogP contribution in [-0.2, 0) is 0 Å². The minimum atomic E-state index is -0.220. The van der Waals surface area contributed by atoms with Crippen LogP contribution in [0, 0.1) is 5.82 Å². The molecule has 2 aromatic rings. The Morgan fingerprint density at radius 2 is 1.83 bits per heavy atom. The molecule has 1 fully saturated rings. The lowest BCUT2D eigenvalue weighted by Gasteiger charge is -2.23. The van der Waals surface area contributed by atoms with Crippen molar-refractivity contribution >= 4 is 5.69 Å². The van der Waals surface area contributed by atoms with Crippen molar-refractivity contribution in [3.8, 4) is 5.69 Å². The average Bonchev–Trinajstić information content (AvgIpc) is 2.88. The van der Waals surface area contributed by atoms with Crippen molar-refractivity contribution in [2.45, 2.75) is 33.1 Å². The Morgan fingerprint density at radius 3 is 2.50 bits per heavy atom. The molecule has 1 aromatic carbocycles. The smallest absolute Gasteiger partial charge is 0.123 e. The third-order valence-corrected chi connectivity index (χ3v) is 4.74. The fraction of sp³-hybridized carbons (Fsp3) is 0.526. The quantitative estimate of drug-likeness (QED) is 0.855. The van der Waals surface area contributed by atoms with E-state index in [4.69, 9.17) is 5.10 Å². The topological polar surface area (TPSA) is 24.3 Å². The maximum atomic E-state index is 13.2. The third-order valence-electron chi connectivity index (χ3n) is 4.74. The van der Waals surface area contributed by atoms with Crippen LogP contribution >= 0.6 is 0 Å². The number of benzene rings is 1. The van der Waals surface area contributed by atoms with E-state index in [2.05, 4.69) is 36.8 Å². The standard InChI is InChI=1S/C19H27FN4/c1-4-22-10-5-11-23(13-12-22)18-14-24(21-19(18)15(2)3)17-8-6-16(20)7-9-17/h6-9,14-15H,4-5,10-13H2,1-3H3. The van der Waals surface area contributed by atoms with E-state index in [1.807, 2.05) is 4.68 Å². The van der Waals surface area contributed by atoms with Crippen LogP contribution in [0.3, 0.4) is 0 Å². The molecule has 1 aromatic heterocycles. The van der Waals surface area contributed by atoms with Crippen molar-refractivity contribution in [2.24, 2.45) is 0 Å². The summed E-state index contributed by atoms with van der Waals surface area (Å²) in [6.07, 6.45) is 3.28. The van der Waals surface area contributed by atoms with Gasteiger partial charge >= 0.3 is 0 Å². The number of rotatable bonds is 4. The van der Waals surface area contributed by atoms with Gasteiger partial charge in [0.15, 0.2) is 0 Å². The van der Waals surface area contributed by atoms with E-state index in [1.165, 1.54) is 24.2 Å². The lowest BCUT2D eigenvalue weighted by Crippen LogP contribution is -2.30. The van der Waals surface area contributed by atoms with Crippen LogP contribution in [-0.4, -0.2) is 47.4 Å². The number of hydrogen-bond acceptors (Lipinski definition) is 3. The molecule has 1 saturated heterocycles. The van der Waals surface area contributed by atoms with Gasteiger partial charge in [0, 0.05) is 19.6 Å². The molecule has 24 heavy (non-hydrogen) atoms. The first kappa shape index (κ1) is 17.0. The van der Waals surface area contributed by atoms with Crippen LogP contribution in [0.2, 0.25) is 0 Å². The number of nitrogens with zero attached hydrogens (tertiary/aromatic N) is 4. The van der Waals surface area contributed by atoms with Gasteiger partial charge in [-0.05, 0) is 49.7 Å². The predicted molar refractivity (Wildman–Crippen MR) is 96.6 cm³/mol. The number of hydrogen-bond donors (Lipinski definition) is 0. The molecule has 1 aliphatic heterocycles. The van der Waals surface area contributed by atoms with Gasteiger partial charge in [0.2, 0.25) is 0 Å². The minimum absolute atomic E-state index is 0.220. The largest absolute Gasteiger partial charge is 0.367 e. The molecule has 0 atom stereocenters. The highest BCUT2D eigenvalue weighted by atomic mass is 19.1. The first-order chi connectivity index (χ1) is 11.6. The Bertz CT molecular complexity index is 663. The zero-order valence-corrected chi connectivity index (χ0v) is 14.9. The number of aromatic nitrogens is 2. The van der Waals surface area contributed by atoms with Crippen molar-refractivity contribution in [3.05, 3.63) is 42.0 Å². The van der Waals surface area contributed by atoms with Crippen molar-refractivity contribution < 1.29 is 4.39 Å². The molecule has 130 valence electrons. The molecule has 4 nitrogen and oxygen atoms in total. The Hall–Kier alpha value is -1.88. The number of anilines is 1. The summed E-state index contributed by atoms with van der Waals surface area (Å²) in [5, 5.41) is 4.79. The average molecular weight is 330 g/mol. The fourth-order valence-corrected chi connectivity index (χ4v) is 3.29. The second-order valence-electron chi connectivity index (χ2n) is 6.75. The maximum Gasteiger partial charge on any atom is 0.123 e. The van der Waals surface area contributed by atoms with Gasteiger partial charge in [0.25, 0.3) is 0 Å². The highest BCUT2D eigenvalue weighted by molar-refractivity contribution is 5.53. The molecule has 0 aliphatic carbocycles. The SMILES string of the molecule is CCN1CCCN(c2cn(-c3ccc(F)cc3)nc2C(C)C)CC1. The van der Waals surface area contributed by atoms with E-state index in [0.717, 1.165) is 44.1 Å². The zero-order chi connectivity index (χ0) is 17.1. The van der Waals surface area contributed by atoms with E-state index < -0.39 is 0 Å². The van der Waals surface area contributed by atoms with Gasteiger partial charge in [0.1, 0.15) is 5.82 Å². The van der Waals surface area contributed by atoms with Crippen molar-refractivity contribution in [3.63, 3.8) is 0 Å². The van der Waals surface area contributed by atoms with Crippen molar-refractivity contribution in [1.82, 2.24) is 14.7 Å². The molecule has 0 amide bonds. The van der Waals surface area contributed by atoms with E-state index in [0.29, 0.717) is 5.92 Å². The van der Waals surface area contributed by atoms with E-state index >= 15 is 0 Å². The molecule has 3 rings (SSSR count). The molecule has 2 heterocycles. The highest BCUT2D eigenvalue weighted by Crippen LogP contribution is 2.28. The van der Waals surface area contributed by atoms with Gasteiger partial charge in [-0.25, -0.2) is 9.07 Å². The first-order valence-electron chi connectivity index (χ1n) is 8.91. The highest BCUT2D eigenvalue weighted by Gasteiger charge is 2.21. The zero-order valence-electron chi connectivity index (χ0n) is 14.9. The Balaban J connectivity index is 1.90. The van der Waals surface area contributed by atoms with Gasteiger partial charge in [-0.3, -0.25) is 0 Å². The second kappa shape index (κ2) is 7.34. The van der Waals surface area contributed by atoms with Gasteiger partial charge in [-0.1, -0.05) is 20.8 Å². The summed E-state index contributed by atoms with van der Waals surface area (Å²) >= 11 is 0. The molecule has 0 radical (unpaired) electrons. The monoisotopic (exact) mass is 330 g/mol. The fourth-order valence-electron chi connectivity index (χ4n) is 3.29. The van der Waals surface area contributed by atoms with Crippen molar-refractivity contribution in [2.75, 3.05) is 37.6 Å². The normalized spacial score (nSPS) is 16.6. The Kier molecular flexibility index (Phi) is 5.19. The summed E-state index contributed by atoms with van der Waals surface area (Å²) in [5.41, 5.74) is 3.23. The number of likely N-dealkylation sites (N-methyl/N-ethyl adjacent to an activating group) is 1. The molecule has 0 spiro atoms. The molecule has 0 unspecified atom stereocenters. The predicted octanol–water partition coefficient (Wildman–Crippen LogP) is 3.67. The molecular weight excluding hydrogens is 303 g/mol. The first-order valence-corrected chi connectivity index (χ1v) is 8.91. The Labute approximate surface area is 143 Å². The van der Waals surface area contributed by atoms with E-state index in [1.54, 1.807) is 12.1 Å². The molecule has 0 bridgehead atoms. The van der Waals surface area contributed by atoms with Crippen LogP contribution in [0.1, 0.15) is 38.8 Å². The lowest BCUT2D eigenvalue weighted by molar-refractivity contribution is 0.310.